The van der Waals surface area contributed by atoms with Crippen LogP contribution in [0.3, 0.4) is 0 Å². The number of benzene rings is 2. The minimum Gasteiger partial charge on any atom is -0.508 e. The molecule has 8 nitrogen and oxygen atoms in total. The Morgan fingerprint density at radius 2 is 1.28 bits per heavy atom. The van der Waals surface area contributed by atoms with Crippen molar-refractivity contribution in [3.63, 3.8) is 0 Å². The van der Waals surface area contributed by atoms with Crippen molar-refractivity contribution >= 4 is 11.9 Å². The first-order chi connectivity index (χ1) is 15.0. The third-order valence-corrected chi connectivity index (χ3v) is 5.24. The zero-order valence-corrected chi connectivity index (χ0v) is 18.8. The molecule has 0 fully saturated rings. The van der Waals surface area contributed by atoms with Crippen LogP contribution in [0, 0.1) is 6.92 Å². The summed E-state index contributed by atoms with van der Waals surface area (Å²) in [5.41, 5.74) is 3.22. The fourth-order valence-electron chi connectivity index (χ4n) is 3.51. The predicted octanol–water partition coefficient (Wildman–Crippen LogP) is 3.00. The van der Waals surface area contributed by atoms with Crippen LogP contribution in [0.2, 0.25) is 0 Å². The van der Waals surface area contributed by atoms with Gasteiger partial charge in [-0.05, 0) is 30.5 Å². The molecule has 32 heavy (non-hydrogen) atoms. The molecule has 0 aliphatic carbocycles. The lowest BCUT2D eigenvalue weighted by atomic mass is 10.00. The predicted molar refractivity (Wildman–Crippen MR) is 121 cm³/mol. The first-order valence-electron chi connectivity index (χ1n) is 10.5. The maximum absolute atomic E-state index is 11.4. The van der Waals surface area contributed by atoms with Gasteiger partial charge in [0.2, 0.25) is 0 Å². The van der Waals surface area contributed by atoms with E-state index in [1.165, 1.54) is 0 Å². The number of hydrogen-bond donors (Lipinski definition) is 4. The number of carboxylic acid groups (broad SMARTS) is 2. The van der Waals surface area contributed by atoms with Crippen molar-refractivity contribution in [1.82, 2.24) is 9.80 Å². The highest BCUT2D eigenvalue weighted by Crippen LogP contribution is 2.25. The summed E-state index contributed by atoms with van der Waals surface area (Å²) < 4.78 is 0. The Balaban J connectivity index is 2.16. The summed E-state index contributed by atoms with van der Waals surface area (Å²) in [7, 11) is 0. The topological polar surface area (TPSA) is 122 Å². The van der Waals surface area contributed by atoms with Gasteiger partial charge in [-0.1, -0.05) is 43.7 Å². The van der Waals surface area contributed by atoms with Crippen LogP contribution in [0.15, 0.2) is 36.4 Å². The van der Waals surface area contributed by atoms with E-state index < -0.39 is 11.9 Å². The fourth-order valence-corrected chi connectivity index (χ4v) is 3.51. The molecule has 174 valence electrons. The van der Waals surface area contributed by atoms with Gasteiger partial charge in [-0.3, -0.25) is 19.4 Å². The largest absolute Gasteiger partial charge is 0.508 e. The molecule has 0 unspecified atom stereocenters. The third-order valence-electron chi connectivity index (χ3n) is 5.24. The number of carbonyl (C=O) groups is 2. The van der Waals surface area contributed by atoms with Crippen LogP contribution < -0.4 is 0 Å². The highest BCUT2D eigenvalue weighted by molar-refractivity contribution is 5.69. The van der Waals surface area contributed by atoms with E-state index in [1.54, 1.807) is 34.1 Å². The number of phenolic OH excluding ortho intramolecular Hbond substituents is 2. The molecular weight excluding hydrogens is 412 g/mol. The van der Waals surface area contributed by atoms with Crippen LogP contribution in [0.25, 0.3) is 0 Å². The fraction of sp³-hybridized carbons (Fsp3) is 0.417. The van der Waals surface area contributed by atoms with Gasteiger partial charge in [-0.15, -0.1) is 0 Å². The summed E-state index contributed by atoms with van der Waals surface area (Å²) in [6.07, 6.45) is 0. The third kappa shape index (κ3) is 7.86. The first kappa shape index (κ1) is 25.2. The summed E-state index contributed by atoms with van der Waals surface area (Å²) in [6, 6.07) is 10.5. The second-order valence-electron chi connectivity index (χ2n) is 8.38. The maximum atomic E-state index is 11.4. The molecule has 0 spiro atoms. The SMILES string of the molecule is Cc1ccc(O)c(CN(CCN(CC(=O)O)Cc2cc(C(C)C)ccc2O)CC(=O)O)c1. The molecule has 0 aliphatic rings. The summed E-state index contributed by atoms with van der Waals surface area (Å²) >= 11 is 0. The van der Waals surface area contributed by atoms with Gasteiger partial charge >= 0.3 is 11.9 Å². The number of nitrogens with zero attached hydrogens (tertiary/aromatic N) is 2. The number of aliphatic carboxylic acids is 2. The van der Waals surface area contributed by atoms with Gasteiger partial charge in [0.15, 0.2) is 0 Å². The second-order valence-corrected chi connectivity index (χ2v) is 8.38. The van der Waals surface area contributed by atoms with Crippen molar-refractivity contribution in [2.24, 2.45) is 0 Å². The van der Waals surface area contributed by atoms with E-state index >= 15 is 0 Å². The Morgan fingerprint density at radius 3 is 1.75 bits per heavy atom. The van der Waals surface area contributed by atoms with Crippen LogP contribution in [0.1, 0.15) is 42.0 Å². The molecule has 0 saturated heterocycles. The van der Waals surface area contributed by atoms with Crippen LogP contribution in [0.5, 0.6) is 11.5 Å². The van der Waals surface area contributed by atoms with Gasteiger partial charge in [0.1, 0.15) is 11.5 Å². The second kappa shape index (κ2) is 11.5. The summed E-state index contributed by atoms with van der Waals surface area (Å²) in [5.74, 6) is -1.58. The molecule has 2 rings (SSSR count). The molecule has 2 aromatic carbocycles. The lowest BCUT2D eigenvalue weighted by Crippen LogP contribution is -2.39. The number of aromatic hydroxyl groups is 2. The Bertz CT molecular complexity index is 944. The zero-order chi connectivity index (χ0) is 23.8. The lowest BCUT2D eigenvalue weighted by molar-refractivity contribution is -0.140. The Labute approximate surface area is 188 Å². The van der Waals surface area contributed by atoms with Gasteiger partial charge in [-0.2, -0.15) is 0 Å². The van der Waals surface area contributed by atoms with E-state index in [9.17, 15) is 30.0 Å². The van der Waals surface area contributed by atoms with E-state index in [2.05, 4.69) is 0 Å². The zero-order valence-electron chi connectivity index (χ0n) is 18.8. The highest BCUT2D eigenvalue weighted by atomic mass is 16.4. The Morgan fingerprint density at radius 1 is 0.812 bits per heavy atom. The summed E-state index contributed by atoms with van der Waals surface area (Å²) in [5, 5.41) is 39.0. The lowest BCUT2D eigenvalue weighted by Gasteiger charge is -2.26. The highest BCUT2D eigenvalue weighted by Gasteiger charge is 2.18. The van der Waals surface area contributed by atoms with Gasteiger partial charge in [-0.25, -0.2) is 0 Å². The number of carboxylic acids is 2. The molecule has 0 heterocycles. The number of phenols is 2. The minimum absolute atomic E-state index is 0.0869. The quantitative estimate of drug-likeness (QED) is 0.394. The van der Waals surface area contributed by atoms with E-state index in [0.29, 0.717) is 11.1 Å². The van der Waals surface area contributed by atoms with Crippen LogP contribution >= 0.6 is 0 Å². The normalized spacial score (nSPS) is 11.4. The van der Waals surface area contributed by atoms with E-state index in [0.717, 1.165) is 11.1 Å². The average molecular weight is 445 g/mol. The number of aryl methyl sites for hydroxylation is 1. The van der Waals surface area contributed by atoms with Crippen LogP contribution in [-0.2, 0) is 22.7 Å². The molecule has 0 atom stereocenters. The minimum atomic E-state index is -1.01. The molecule has 0 aliphatic heterocycles. The standard InChI is InChI=1S/C24H32N2O6/c1-16(2)18-5-7-22(28)20(11-18)13-26(15-24(31)32)9-8-25(14-23(29)30)12-19-10-17(3)4-6-21(19)27/h4-7,10-11,16,27-28H,8-9,12-15H2,1-3H3,(H,29,30)(H,31,32). The molecule has 0 amide bonds. The first-order valence-corrected chi connectivity index (χ1v) is 10.5. The van der Waals surface area contributed by atoms with Gasteiger partial charge < -0.3 is 20.4 Å². The molecule has 2 aromatic rings. The average Bonchev–Trinajstić information content (AvgIpc) is 2.69. The Hall–Kier alpha value is -3.10. The molecule has 4 N–H and O–H groups in total. The van der Waals surface area contributed by atoms with Crippen molar-refractivity contribution in [1.29, 1.82) is 0 Å². The molecule has 0 bridgehead atoms. The maximum Gasteiger partial charge on any atom is 0.317 e. The molecule has 0 saturated carbocycles. The van der Waals surface area contributed by atoms with Gasteiger partial charge in [0, 0.05) is 37.3 Å². The van der Waals surface area contributed by atoms with Gasteiger partial charge in [0.25, 0.3) is 0 Å². The van der Waals surface area contributed by atoms with E-state index in [1.807, 2.05) is 32.9 Å². The van der Waals surface area contributed by atoms with E-state index in [-0.39, 0.29) is 56.7 Å². The molecular formula is C24H32N2O6. The number of rotatable bonds is 12. The van der Waals surface area contributed by atoms with Crippen molar-refractivity contribution in [3.8, 4) is 11.5 Å². The molecule has 8 heteroatoms. The van der Waals surface area contributed by atoms with Crippen molar-refractivity contribution in [3.05, 3.63) is 58.7 Å². The smallest absolute Gasteiger partial charge is 0.317 e. The molecule has 0 radical (unpaired) electrons. The van der Waals surface area contributed by atoms with Crippen molar-refractivity contribution < 1.29 is 30.0 Å². The van der Waals surface area contributed by atoms with Crippen LogP contribution in [0.4, 0.5) is 0 Å². The van der Waals surface area contributed by atoms with Gasteiger partial charge in [0.05, 0.1) is 13.1 Å². The van der Waals surface area contributed by atoms with Crippen molar-refractivity contribution in [2.45, 2.75) is 39.8 Å². The molecule has 0 aromatic heterocycles. The monoisotopic (exact) mass is 444 g/mol. The van der Waals surface area contributed by atoms with E-state index in [4.69, 9.17) is 0 Å². The van der Waals surface area contributed by atoms with Crippen molar-refractivity contribution in [2.75, 3.05) is 26.2 Å². The summed E-state index contributed by atoms with van der Waals surface area (Å²) in [6.45, 7) is 6.45. The summed E-state index contributed by atoms with van der Waals surface area (Å²) in [4.78, 5) is 26.1. The Kier molecular flexibility index (Phi) is 9.04. The number of hydrogen-bond acceptors (Lipinski definition) is 6. The van der Waals surface area contributed by atoms with Crippen LogP contribution in [-0.4, -0.2) is 68.3 Å².